The summed E-state index contributed by atoms with van der Waals surface area (Å²) in [7, 11) is 0. The van der Waals surface area contributed by atoms with Crippen molar-refractivity contribution in [1.82, 2.24) is 0 Å². The van der Waals surface area contributed by atoms with Gasteiger partial charge in [0.1, 0.15) is 0 Å². The summed E-state index contributed by atoms with van der Waals surface area (Å²) in [6.07, 6.45) is 6.86. The van der Waals surface area contributed by atoms with Gasteiger partial charge >= 0.3 is 0 Å². The molecule has 1 aromatic rings. The third kappa shape index (κ3) is 5.66. The summed E-state index contributed by atoms with van der Waals surface area (Å²) in [5, 5.41) is 9.72. The van der Waals surface area contributed by atoms with Gasteiger partial charge in [0, 0.05) is 0 Å². The Kier molecular flexibility index (Phi) is 6.75. The quantitative estimate of drug-likeness (QED) is 0.826. The zero-order chi connectivity index (χ0) is 15.2. The fraction of sp³-hybridized carbons (Fsp3) is 0.684. The highest BCUT2D eigenvalue weighted by Gasteiger charge is 2.15. The Morgan fingerprint density at radius 1 is 1.20 bits per heavy atom. The molecule has 0 heterocycles. The van der Waals surface area contributed by atoms with Crippen molar-refractivity contribution in [2.45, 2.75) is 78.7 Å². The summed E-state index contributed by atoms with van der Waals surface area (Å²) in [5.41, 5.74) is 4.03. The highest BCUT2D eigenvalue weighted by Crippen LogP contribution is 2.26. The van der Waals surface area contributed by atoms with Gasteiger partial charge in [-0.25, -0.2) is 0 Å². The first-order valence-electron chi connectivity index (χ1n) is 8.27. The van der Waals surface area contributed by atoms with Crippen LogP contribution < -0.4 is 0 Å². The Bertz CT molecular complexity index is 401. The molecule has 0 spiro atoms. The van der Waals surface area contributed by atoms with Crippen LogP contribution in [0.4, 0.5) is 0 Å². The standard InChI is InChI=1S/C17H26O.C2H6/c1-13-6-8-16-12-14(7-9-15(16)11-13)5-4-10-17(2,3)18;1-2/h7,9,12-13,18H,4-6,8,10-11H2,1-3H3;1-2H3. The summed E-state index contributed by atoms with van der Waals surface area (Å²) in [6, 6.07) is 7.00. The molecule has 114 valence electrons. The maximum atomic E-state index is 9.72. The van der Waals surface area contributed by atoms with Crippen LogP contribution in [-0.4, -0.2) is 10.7 Å². The first-order valence-corrected chi connectivity index (χ1v) is 8.27. The summed E-state index contributed by atoms with van der Waals surface area (Å²) in [4.78, 5) is 0. The van der Waals surface area contributed by atoms with Crippen molar-refractivity contribution in [3.63, 3.8) is 0 Å². The summed E-state index contributed by atoms with van der Waals surface area (Å²) in [6.45, 7) is 10.1. The van der Waals surface area contributed by atoms with Gasteiger partial charge in [-0.2, -0.15) is 0 Å². The predicted octanol–water partition coefficient (Wildman–Crippen LogP) is 4.93. The van der Waals surface area contributed by atoms with E-state index < -0.39 is 5.60 Å². The van der Waals surface area contributed by atoms with Crippen LogP contribution in [0.2, 0.25) is 0 Å². The smallest absolute Gasteiger partial charge is 0.0591 e. The Hall–Kier alpha value is -0.820. The molecule has 20 heavy (non-hydrogen) atoms. The minimum Gasteiger partial charge on any atom is -0.390 e. The van der Waals surface area contributed by atoms with Crippen LogP contribution in [0, 0.1) is 5.92 Å². The molecule has 0 aromatic heterocycles. The van der Waals surface area contributed by atoms with E-state index in [0.29, 0.717) is 0 Å². The number of fused-ring (bicyclic) bond motifs is 1. The Labute approximate surface area is 125 Å². The first kappa shape index (κ1) is 17.2. The molecule has 1 atom stereocenters. The second-order valence-corrected chi connectivity index (χ2v) is 6.62. The molecule has 0 bridgehead atoms. The highest BCUT2D eigenvalue weighted by molar-refractivity contribution is 5.34. The van der Waals surface area contributed by atoms with Crippen molar-refractivity contribution < 1.29 is 5.11 Å². The lowest BCUT2D eigenvalue weighted by molar-refractivity contribution is 0.0689. The third-order valence-corrected chi connectivity index (χ3v) is 4.00. The van der Waals surface area contributed by atoms with Gasteiger partial charge in [0.15, 0.2) is 0 Å². The molecule has 1 nitrogen and oxygen atoms in total. The van der Waals surface area contributed by atoms with Gasteiger partial charge in [0.05, 0.1) is 5.60 Å². The highest BCUT2D eigenvalue weighted by atomic mass is 16.3. The van der Waals surface area contributed by atoms with E-state index in [1.165, 1.54) is 24.8 Å². The van der Waals surface area contributed by atoms with Crippen molar-refractivity contribution in [2.24, 2.45) is 5.92 Å². The van der Waals surface area contributed by atoms with Gasteiger partial charge in [-0.15, -0.1) is 0 Å². The Morgan fingerprint density at radius 3 is 2.55 bits per heavy atom. The molecule has 0 aliphatic heterocycles. The topological polar surface area (TPSA) is 20.2 Å². The van der Waals surface area contributed by atoms with E-state index in [2.05, 4.69) is 25.1 Å². The predicted molar refractivity (Wildman–Crippen MR) is 88.2 cm³/mol. The fourth-order valence-electron chi connectivity index (χ4n) is 2.87. The molecule has 1 aliphatic rings. The van der Waals surface area contributed by atoms with Crippen molar-refractivity contribution in [2.75, 3.05) is 0 Å². The van der Waals surface area contributed by atoms with Gasteiger partial charge in [0.25, 0.3) is 0 Å². The molecular weight excluding hydrogens is 244 g/mol. The molecule has 0 amide bonds. The lowest BCUT2D eigenvalue weighted by Gasteiger charge is -2.22. The minimum absolute atomic E-state index is 0.524. The second-order valence-electron chi connectivity index (χ2n) is 6.62. The van der Waals surface area contributed by atoms with Crippen molar-refractivity contribution in [1.29, 1.82) is 0 Å². The van der Waals surface area contributed by atoms with Crippen LogP contribution >= 0.6 is 0 Å². The molecule has 1 aliphatic carbocycles. The minimum atomic E-state index is -0.524. The van der Waals surface area contributed by atoms with Crippen molar-refractivity contribution in [3.05, 3.63) is 34.9 Å². The van der Waals surface area contributed by atoms with Crippen LogP contribution in [-0.2, 0) is 19.3 Å². The fourth-order valence-corrected chi connectivity index (χ4v) is 2.87. The van der Waals surface area contributed by atoms with Crippen molar-refractivity contribution in [3.8, 4) is 0 Å². The van der Waals surface area contributed by atoms with E-state index in [4.69, 9.17) is 0 Å². The monoisotopic (exact) mass is 276 g/mol. The average Bonchev–Trinajstić information content (AvgIpc) is 2.40. The van der Waals surface area contributed by atoms with Gasteiger partial charge in [-0.05, 0) is 75.0 Å². The van der Waals surface area contributed by atoms with Gasteiger partial charge in [-0.1, -0.05) is 39.0 Å². The molecule has 1 aromatic carbocycles. The van der Waals surface area contributed by atoms with Crippen LogP contribution in [0.5, 0.6) is 0 Å². The van der Waals surface area contributed by atoms with E-state index in [1.54, 1.807) is 11.1 Å². The number of hydrogen-bond donors (Lipinski definition) is 1. The Balaban J connectivity index is 0.000000956. The maximum absolute atomic E-state index is 9.72. The number of rotatable bonds is 4. The molecule has 1 heteroatoms. The Morgan fingerprint density at radius 2 is 1.90 bits per heavy atom. The van der Waals surface area contributed by atoms with Gasteiger partial charge in [-0.3, -0.25) is 0 Å². The molecule has 0 fully saturated rings. The van der Waals surface area contributed by atoms with Crippen LogP contribution in [0.3, 0.4) is 0 Å². The molecule has 0 saturated heterocycles. The van der Waals surface area contributed by atoms with Gasteiger partial charge < -0.3 is 5.11 Å². The normalized spacial score (nSPS) is 18.0. The summed E-state index contributed by atoms with van der Waals surface area (Å²) in [5.74, 6) is 0.846. The van der Waals surface area contributed by atoms with Crippen LogP contribution in [0.15, 0.2) is 18.2 Å². The number of aryl methyl sites for hydroxylation is 2. The summed E-state index contributed by atoms with van der Waals surface area (Å²) < 4.78 is 0. The molecule has 1 unspecified atom stereocenters. The second kappa shape index (κ2) is 7.83. The van der Waals surface area contributed by atoms with E-state index in [9.17, 15) is 5.11 Å². The van der Waals surface area contributed by atoms with Gasteiger partial charge in [0.2, 0.25) is 0 Å². The van der Waals surface area contributed by atoms with E-state index in [0.717, 1.165) is 25.2 Å². The van der Waals surface area contributed by atoms with E-state index in [-0.39, 0.29) is 0 Å². The molecule has 1 N–H and O–H groups in total. The molecular formula is C19H32O. The largest absolute Gasteiger partial charge is 0.390 e. The average molecular weight is 276 g/mol. The molecule has 0 saturated carbocycles. The maximum Gasteiger partial charge on any atom is 0.0591 e. The molecule has 0 radical (unpaired) electrons. The van der Waals surface area contributed by atoms with Crippen molar-refractivity contribution >= 4 is 0 Å². The zero-order valence-electron chi connectivity index (χ0n) is 14.0. The SMILES string of the molecule is CC.CC1CCc2cc(CCCC(C)(C)O)ccc2C1. The zero-order valence-corrected chi connectivity index (χ0v) is 14.0. The number of aliphatic hydroxyl groups is 1. The van der Waals surface area contributed by atoms with Crippen LogP contribution in [0.1, 0.15) is 70.6 Å². The summed E-state index contributed by atoms with van der Waals surface area (Å²) >= 11 is 0. The van der Waals surface area contributed by atoms with Crippen LogP contribution in [0.25, 0.3) is 0 Å². The first-order chi connectivity index (χ1) is 9.44. The third-order valence-electron chi connectivity index (χ3n) is 4.00. The lowest BCUT2D eigenvalue weighted by Crippen LogP contribution is -2.18. The number of benzene rings is 1. The lowest BCUT2D eigenvalue weighted by atomic mass is 9.84. The number of hydrogen-bond acceptors (Lipinski definition) is 1. The molecule has 2 rings (SSSR count). The van der Waals surface area contributed by atoms with E-state index >= 15 is 0 Å². The van der Waals surface area contributed by atoms with E-state index in [1.807, 2.05) is 27.7 Å².